The van der Waals surface area contributed by atoms with E-state index in [1.54, 1.807) is 0 Å². The fourth-order valence-corrected chi connectivity index (χ4v) is 4.12. The van der Waals surface area contributed by atoms with Crippen LogP contribution < -0.4 is 0 Å². The molecule has 1 N–H and O–H groups in total. The number of ether oxygens (including phenoxy) is 1. The van der Waals surface area contributed by atoms with E-state index in [2.05, 4.69) is 96.0 Å². The molecule has 3 rings (SSSR count). The van der Waals surface area contributed by atoms with E-state index in [1.807, 2.05) is 24.3 Å². The topological polar surface area (TPSA) is 29.5 Å². The molecule has 32 heavy (non-hydrogen) atoms. The Morgan fingerprint density at radius 2 is 1.62 bits per heavy atom. The van der Waals surface area contributed by atoms with Crippen molar-refractivity contribution < 1.29 is 9.84 Å². The van der Waals surface area contributed by atoms with Crippen LogP contribution >= 0.6 is 31.9 Å². The standard InChI is InChI=1S/2C13H17BrO.2CH4/c1-13(2)8-7-12(15-9-13)10-5-3-4-6-11(10)14;1-13(2,10-15)9-5-7-11-6-3-4-8-12(11)14;;/h3-6,12H,7-9H2,1-2H3;3-8,15H,9-10H2,1-2H3;2*1H4. The second-order valence-corrected chi connectivity index (χ2v) is 11.2. The number of rotatable bonds is 5. The predicted molar refractivity (Wildman–Crippen MR) is 148 cm³/mol. The number of hydrogen-bond acceptors (Lipinski definition) is 2. The molecule has 0 radical (unpaired) electrons. The molecule has 0 amide bonds. The molecule has 1 aliphatic rings. The van der Waals surface area contributed by atoms with Crippen molar-refractivity contribution in [3.05, 3.63) is 74.7 Å². The minimum atomic E-state index is -0.0300. The van der Waals surface area contributed by atoms with Crippen LogP contribution in [0.4, 0.5) is 0 Å². The van der Waals surface area contributed by atoms with Crippen LogP contribution in [-0.4, -0.2) is 18.3 Å². The third-order valence-corrected chi connectivity index (χ3v) is 6.76. The lowest BCUT2D eigenvalue weighted by molar-refractivity contribution is -0.0501. The summed E-state index contributed by atoms with van der Waals surface area (Å²) in [6.07, 6.45) is 7.70. The Labute approximate surface area is 213 Å². The average molecular weight is 570 g/mol. The van der Waals surface area contributed by atoms with Gasteiger partial charge in [-0.25, -0.2) is 0 Å². The van der Waals surface area contributed by atoms with Crippen molar-refractivity contribution in [1.29, 1.82) is 0 Å². The third-order valence-electron chi connectivity index (χ3n) is 5.31. The molecule has 0 aliphatic carbocycles. The zero-order valence-corrected chi connectivity index (χ0v) is 21.7. The second-order valence-electron chi connectivity index (χ2n) is 9.47. The lowest BCUT2D eigenvalue weighted by atomic mass is 9.84. The average Bonchev–Trinajstić information content (AvgIpc) is 2.71. The quantitative estimate of drug-likeness (QED) is 0.388. The van der Waals surface area contributed by atoms with Crippen molar-refractivity contribution >= 4 is 37.9 Å². The van der Waals surface area contributed by atoms with Gasteiger partial charge in [-0.3, -0.25) is 0 Å². The Morgan fingerprint density at radius 1 is 1.03 bits per heavy atom. The van der Waals surface area contributed by atoms with Gasteiger partial charge < -0.3 is 9.84 Å². The van der Waals surface area contributed by atoms with Gasteiger partial charge in [-0.15, -0.1) is 0 Å². The molecule has 2 aromatic rings. The molecule has 1 atom stereocenters. The van der Waals surface area contributed by atoms with Gasteiger partial charge in [0.2, 0.25) is 0 Å². The zero-order chi connectivity index (χ0) is 22.2. The Balaban J connectivity index is 0.000000565. The molecule has 1 saturated heterocycles. The monoisotopic (exact) mass is 568 g/mol. The Hall–Kier alpha value is -0.940. The first-order chi connectivity index (χ1) is 14.1. The van der Waals surface area contributed by atoms with E-state index >= 15 is 0 Å². The molecule has 2 nitrogen and oxygen atoms in total. The lowest BCUT2D eigenvalue weighted by Gasteiger charge is -2.35. The second kappa shape index (κ2) is 14.3. The van der Waals surface area contributed by atoms with Crippen molar-refractivity contribution in [2.24, 2.45) is 10.8 Å². The number of benzene rings is 2. The number of halogens is 2. The Bertz CT molecular complexity index is 818. The van der Waals surface area contributed by atoms with E-state index in [0.29, 0.717) is 5.41 Å². The summed E-state index contributed by atoms with van der Waals surface area (Å²) in [5.74, 6) is 0. The van der Waals surface area contributed by atoms with Gasteiger partial charge in [0.1, 0.15) is 0 Å². The number of aliphatic hydroxyl groups excluding tert-OH is 1. The number of allylic oxidation sites excluding steroid dienone is 1. The van der Waals surface area contributed by atoms with Gasteiger partial charge in [-0.05, 0) is 53.4 Å². The summed E-state index contributed by atoms with van der Waals surface area (Å²) in [5, 5.41) is 9.10. The molecular weight excluding hydrogens is 528 g/mol. The van der Waals surface area contributed by atoms with E-state index in [4.69, 9.17) is 9.84 Å². The van der Waals surface area contributed by atoms with Crippen molar-refractivity contribution in [3.63, 3.8) is 0 Å². The highest BCUT2D eigenvalue weighted by atomic mass is 79.9. The Morgan fingerprint density at radius 3 is 2.16 bits per heavy atom. The molecule has 0 aromatic heterocycles. The molecule has 1 fully saturated rings. The van der Waals surface area contributed by atoms with Gasteiger partial charge in [0.25, 0.3) is 0 Å². The van der Waals surface area contributed by atoms with Gasteiger partial charge in [0.05, 0.1) is 12.7 Å². The van der Waals surface area contributed by atoms with Crippen molar-refractivity contribution in [2.45, 2.75) is 67.9 Å². The van der Waals surface area contributed by atoms with E-state index in [9.17, 15) is 0 Å². The normalized spacial score (nSPS) is 17.5. The summed E-state index contributed by atoms with van der Waals surface area (Å²) in [4.78, 5) is 0. The van der Waals surface area contributed by atoms with Crippen molar-refractivity contribution in [3.8, 4) is 0 Å². The van der Waals surface area contributed by atoms with E-state index < -0.39 is 0 Å². The molecule has 2 aromatic carbocycles. The maximum atomic E-state index is 9.10. The highest BCUT2D eigenvalue weighted by Gasteiger charge is 2.29. The largest absolute Gasteiger partial charge is 0.396 e. The van der Waals surface area contributed by atoms with Crippen LogP contribution in [0.25, 0.3) is 6.08 Å². The summed E-state index contributed by atoms with van der Waals surface area (Å²) >= 11 is 7.07. The molecule has 1 heterocycles. The maximum Gasteiger partial charge on any atom is 0.0836 e. The lowest BCUT2D eigenvalue weighted by Crippen LogP contribution is -2.27. The highest BCUT2D eigenvalue weighted by molar-refractivity contribution is 9.10. The first-order valence-electron chi connectivity index (χ1n) is 10.5. The summed E-state index contributed by atoms with van der Waals surface area (Å²) < 4.78 is 8.19. The summed E-state index contributed by atoms with van der Waals surface area (Å²) in [6, 6.07) is 16.4. The van der Waals surface area contributed by atoms with Crippen molar-refractivity contribution in [2.75, 3.05) is 13.2 Å². The van der Waals surface area contributed by atoms with Gasteiger partial charge in [-0.1, -0.05) is 123 Å². The predicted octanol–water partition coefficient (Wildman–Crippen LogP) is 9.47. The maximum absolute atomic E-state index is 9.10. The number of aliphatic hydroxyl groups is 1. The summed E-state index contributed by atoms with van der Waals surface area (Å²) in [6.45, 7) is 9.72. The molecule has 1 aliphatic heterocycles. The van der Waals surface area contributed by atoms with Gasteiger partial charge in [-0.2, -0.15) is 0 Å². The van der Waals surface area contributed by atoms with Crippen molar-refractivity contribution in [1.82, 2.24) is 0 Å². The van der Waals surface area contributed by atoms with Crippen LogP contribution in [0, 0.1) is 10.8 Å². The third kappa shape index (κ3) is 10.3. The van der Waals surface area contributed by atoms with E-state index in [1.165, 1.54) is 17.5 Å². The SMILES string of the molecule is C.C.CC(C)(CO)CC=Cc1ccccc1Br.CC1(C)CCC(c2ccccc2Br)OC1. The summed E-state index contributed by atoms with van der Waals surface area (Å²) in [5.41, 5.74) is 2.77. The molecule has 180 valence electrons. The molecular formula is C28H42Br2O2. The first kappa shape index (κ1) is 31.1. The molecule has 0 bridgehead atoms. The van der Waals surface area contributed by atoms with Gasteiger partial charge in [0.15, 0.2) is 0 Å². The minimum absolute atomic E-state index is 0. The fourth-order valence-electron chi connectivity index (χ4n) is 3.16. The van der Waals surface area contributed by atoms with Crippen LogP contribution in [0.2, 0.25) is 0 Å². The van der Waals surface area contributed by atoms with Crippen LogP contribution in [0.5, 0.6) is 0 Å². The van der Waals surface area contributed by atoms with Crippen LogP contribution in [0.3, 0.4) is 0 Å². The zero-order valence-electron chi connectivity index (χ0n) is 18.5. The molecule has 0 spiro atoms. The highest BCUT2D eigenvalue weighted by Crippen LogP contribution is 2.39. The van der Waals surface area contributed by atoms with Crippen LogP contribution in [0.15, 0.2) is 63.6 Å². The molecule has 1 unspecified atom stereocenters. The molecule has 0 saturated carbocycles. The van der Waals surface area contributed by atoms with Crippen LogP contribution in [0.1, 0.15) is 79.0 Å². The fraction of sp³-hybridized carbons (Fsp3) is 0.500. The van der Waals surface area contributed by atoms with Crippen LogP contribution in [-0.2, 0) is 4.74 Å². The number of hydrogen-bond donors (Lipinski definition) is 1. The first-order valence-corrected chi connectivity index (χ1v) is 12.1. The minimum Gasteiger partial charge on any atom is -0.396 e. The van der Waals surface area contributed by atoms with Gasteiger partial charge >= 0.3 is 0 Å². The van der Waals surface area contributed by atoms with E-state index in [-0.39, 0.29) is 33.0 Å². The Kier molecular flexibility index (Phi) is 13.9. The smallest absolute Gasteiger partial charge is 0.0836 e. The molecule has 4 heteroatoms. The summed E-state index contributed by atoms with van der Waals surface area (Å²) in [7, 11) is 0. The van der Waals surface area contributed by atoms with E-state index in [0.717, 1.165) is 28.4 Å². The van der Waals surface area contributed by atoms with Gasteiger partial charge in [0, 0.05) is 15.6 Å².